The first-order valence-corrected chi connectivity index (χ1v) is 7.76. The molecule has 0 spiro atoms. The Balaban J connectivity index is 2.13. The number of hydrogen-bond acceptors (Lipinski definition) is 4. The van der Waals surface area contributed by atoms with Gasteiger partial charge in [0.15, 0.2) is 0 Å². The number of morpholine rings is 1. The van der Waals surface area contributed by atoms with Gasteiger partial charge < -0.3 is 10.1 Å². The van der Waals surface area contributed by atoms with E-state index in [9.17, 15) is 4.79 Å². The van der Waals surface area contributed by atoms with Gasteiger partial charge in [-0.15, -0.1) is 0 Å². The molecular weight excluding hydrogens is 254 g/mol. The van der Waals surface area contributed by atoms with Crippen molar-refractivity contribution in [3.05, 3.63) is 0 Å². The maximum Gasteiger partial charge on any atom is 0.241 e. The second-order valence-corrected chi connectivity index (χ2v) is 5.76. The van der Waals surface area contributed by atoms with Crippen molar-refractivity contribution in [2.45, 2.75) is 57.0 Å². The highest BCUT2D eigenvalue weighted by Gasteiger charge is 2.45. The smallest absolute Gasteiger partial charge is 0.241 e. The molecular formula is C15H25N3O2. The van der Waals surface area contributed by atoms with Crippen molar-refractivity contribution in [2.24, 2.45) is 0 Å². The summed E-state index contributed by atoms with van der Waals surface area (Å²) in [4.78, 5) is 15.1. The molecule has 1 aliphatic heterocycles. The third kappa shape index (κ3) is 3.13. The molecule has 1 saturated carbocycles. The molecule has 0 bridgehead atoms. The van der Waals surface area contributed by atoms with Gasteiger partial charge in [0, 0.05) is 13.1 Å². The van der Waals surface area contributed by atoms with Gasteiger partial charge >= 0.3 is 0 Å². The van der Waals surface area contributed by atoms with Crippen LogP contribution in [0.25, 0.3) is 0 Å². The first-order valence-electron chi connectivity index (χ1n) is 7.76. The highest BCUT2D eigenvalue weighted by Crippen LogP contribution is 2.34. The van der Waals surface area contributed by atoms with Gasteiger partial charge in [-0.2, -0.15) is 5.26 Å². The van der Waals surface area contributed by atoms with Gasteiger partial charge in [0.05, 0.1) is 19.3 Å². The highest BCUT2D eigenvalue weighted by atomic mass is 16.5. The fraction of sp³-hybridized carbons (Fsp3) is 0.867. The predicted octanol–water partition coefficient (Wildman–Crippen LogP) is 1.44. The lowest BCUT2D eigenvalue weighted by Crippen LogP contribution is -2.63. The number of hydrogen-bond donors (Lipinski definition) is 1. The topological polar surface area (TPSA) is 65.4 Å². The van der Waals surface area contributed by atoms with Gasteiger partial charge in [-0.1, -0.05) is 26.2 Å². The first kappa shape index (κ1) is 15.3. The number of carbonyl (C=O) groups excluding carboxylic acids is 1. The van der Waals surface area contributed by atoms with Crippen molar-refractivity contribution in [2.75, 3.05) is 26.3 Å². The van der Waals surface area contributed by atoms with E-state index in [2.05, 4.69) is 16.3 Å². The molecule has 1 unspecified atom stereocenters. The maximum absolute atomic E-state index is 12.8. The summed E-state index contributed by atoms with van der Waals surface area (Å²) >= 11 is 0. The van der Waals surface area contributed by atoms with Crippen LogP contribution in [-0.2, 0) is 9.53 Å². The molecule has 0 aromatic rings. The summed E-state index contributed by atoms with van der Waals surface area (Å²) in [6.07, 6.45) is 5.85. The van der Waals surface area contributed by atoms with Crippen molar-refractivity contribution in [3.8, 4) is 6.07 Å². The second-order valence-electron chi connectivity index (χ2n) is 5.76. The lowest BCUT2D eigenvalue weighted by molar-refractivity contribution is -0.140. The summed E-state index contributed by atoms with van der Waals surface area (Å²) in [5.41, 5.74) is -0.410. The monoisotopic (exact) mass is 279 g/mol. The van der Waals surface area contributed by atoms with Gasteiger partial charge in [-0.25, -0.2) is 0 Å². The van der Waals surface area contributed by atoms with E-state index in [1.165, 1.54) is 6.42 Å². The zero-order chi connectivity index (χ0) is 14.4. The predicted molar refractivity (Wildman–Crippen MR) is 76.0 cm³/mol. The van der Waals surface area contributed by atoms with Crippen molar-refractivity contribution in [1.82, 2.24) is 10.2 Å². The molecule has 1 atom stereocenters. The SMILES string of the molecule is CCC(C#N)NC(=O)C1(N2CCOCC2)CCCCC1. The van der Waals surface area contributed by atoms with Crippen LogP contribution in [0.1, 0.15) is 45.4 Å². The second kappa shape index (κ2) is 7.05. The minimum Gasteiger partial charge on any atom is -0.379 e. The molecule has 2 aliphatic rings. The van der Waals surface area contributed by atoms with Crippen molar-refractivity contribution < 1.29 is 9.53 Å². The average Bonchev–Trinajstić information content (AvgIpc) is 2.53. The molecule has 5 heteroatoms. The lowest BCUT2D eigenvalue weighted by Gasteiger charge is -2.46. The van der Waals surface area contributed by atoms with E-state index in [0.717, 1.165) is 38.8 Å². The Bertz CT molecular complexity index is 366. The molecule has 0 aromatic carbocycles. The van der Waals surface area contributed by atoms with Crippen LogP contribution in [0.15, 0.2) is 0 Å². The van der Waals surface area contributed by atoms with E-state index < -0.39 is 5.54 Å². The molecule has 1 N–H and O–H groups in total. The maximum atomic E-state index is 12.8. The fourth-order valence-electron chi connectivity index (χ4n) is 3.33. The van der Waals surface area contributed by atoms with Crippen LogP contribution in [-0.4, -0.2) is 48.7 Å². The van der Waals surface area contributed by atoms with Crippen LogP contribution in [0.3, 0.4) is 0 Å². The van der Waals surface area contributed by atoms with Crippen molar-refractivity contribution in [3.63, 3.8) is 0 Å². The molecule has 112 valence electrons. The standard InChI is InChI=1S/C15H25N3O2/c1-2-13(12-16)17-14(19)15(6-4-3-5-7-15)18-8-10-20-11-9-18/h13H,2-11H2,1H3,(H,17,19). The van der Waals surface area contributed by atoms with Gasteiger partial charge in [0.2, 0.25) is 5.91 Å². The molecule has 1 amide bonds. The van der Waals surface area contributed by atoms with Gasteiger partial charge in [0.25, 0.3) is 0 Å². The number of nitrogens with one attached hydrogen (secondary N) is 1. The zero-order valence-corrected chi connectivity index (χ0v) is 12.4. The minimum absolute atomic E-state index is 0.0486. The van der Waals surface area contributed by atoms with Crippen LogP contribution in [0, 0.1) is 11.3 Å². The molecule has 2 rings (SSSR count). The molecule has 0 radical (unpaired) electrons. The third-order valence-corrected chi connectivity index (χ3v) is 4.59. The molecule has 0 aromatic heterocycles. The quantitative estimate of drug-likeness (QED) is 0.845. The number of nitrogens with zero attached hydrogens (tertiary/aromatic N) is 2. The summed E-state index contributed by atoms with van der Waals surface area (Å²) in [5, 5.41) is 12.0. The molecule has 1 saturated heterocycles. The number of amides is 1. The summed E-state index contributed by atoms with van der Waals surface area (Å²) in [7, 11) is 0. The Hall–Kier alpha value is -1.12. The van der Waals surface area contributed by atoms with E-state index in [4.69, 9.17) is 10.00 Å². The van der Waals surface area contributed by atoms with E-state index in [-0.39, 0.29) is 11.9 Å². The summed E-state index contributed by atoms with van der Waals surface area (Å²) in [5.74, 6) is 0.0486. The molecule has 20 heavy (non-hydrogen) atoms. The Morgan fingerprint density at radius 2 is 2.00 bits per heavy atom. The van der Waals surface area contributed by atoms with E-state index in [1.54, 1.807) is 0 Å². The summed E-state index contributed by atoms with van der Waals surface area (Å²) in [6.45, 7) is 4.96. The Morgan fingerprint density at radius 3 is 2.55 bits per heavy atom. The number of nitriles is 1. The molecule has 1 aliphatic carbocycles. The largest absolute Gasteiger partial charge is 0.379 e. The van der Waals surface area contributed by atoms with E-state index in [0.29, 0.717) is 19.6 Å². The Morgan fingerprint density at radius 1 is 1.35 bits per heavy atom. The Kier molecular flexibility index (Phi) is 5.38. The van der Waals surface area contributed by atoms with Crippen LogP contribution in [0.2, 0.25) is 0 Å². The minimum atomic E-state index is -0.410. The zero-order valence-electron chi connectivity index (χ0n) is 12.4. The fourth-order valence-corrected chi connectivity index (χ4v) is 3.33. The van der Waals surface area contributed by atoms with Crippen molar-refractivity contribution in [1.29, 1.82) is 5.26 Å². The first-order chi connectivity index (χ1) is 9.73. The normalized spacial score (nSPS) is 24.6. The highest BCUT2D eigenvalue weighted by molar-refractivity contribution is 5.87. The third-order valence-electron chi connectivity index (χ3n) is 4.59. The van der Waals surface area contributed by atoms with E-state index >= 15 is 0 Å². The number of carbonyl (C=O) groups is 1. The number of ether oxygens (including phenoxy) is 1. The van der Waals surface area contributed by atoms with Gasteiger partial charge in [-0.3, -0.25) is 9.69 Å². The van der Waals surface area contributed by atoms with Crippen molar-refractivity contribution >= 4 is 5.91 Å². The average molecular weight is 279 g/mol. The lowest BCUT2D eigenvalue weighted by atomic mass is 9.79. The number of rotatable bonds is 4. The molecule has 5 nitrogen and oxygen atoms in total. The van der Waals surface area contributed by atoms with Crippen LogP contribution in [0.4, 0.5) is 0 Å². The van der Waals surface area contributed by atoms with Gasteiger partial charge in [-0.05, 0) is 19.3 Å². The molecule has 1 heterocycles. The molecule has 2 fully saturated rings. The van der Waals surface area contributed by atoms with E-state index in [1.807, 2.05) is 6.92 Å². The van der Waals surface area contributed by atoms with Crippen LogP contribution in [0.5, 0.6) is 0 Å². The van der Waals surface area contributed by atoms with Crippen LogP contribution >= 0.6 is 0 Å². The Labute approximate surface area is 121 Å². The summed E-state index contributed by atoms with van der Waals surface area (Å²) in [6, 6.07) is 1.79. The van der Waals surface area contributed by atoms with Crippen LogP contribution < -0.4 is 5.32 Å². The summed E-state index contributed by atoms with van der Waals surface area (Å²) < 4.78 is 5.41. The van der Waals surface area contributed by atoms with Gasteiger partial charge in [0.1, 0.15) is 11.6 Å².